The summed E-state index contributed by atoms with van der Waals surface area (Å²) in [4.78, 5) is 17.9. The van der Waals surface area contributed by atoms with Crippen molar-refractivity contribution in [3.63, 3.8) is 0 Å². The molecule has 0 radical (unpaired) electrons. The van der Waals surface area contributed by atoms with Crippen molar-refractivity contribution < 1.29 is 0 Å². The molecule has 0 unspecified atom stereocenters. The van der Waals surface area contributed by atoms with E-state index in [0.717, 1.165) is 43.5 Å². The van der Waals surface area contributed by atoms with Gasteiger partial charge in [0.05, 0.1) is 0 Å². The number of aryl methyl sites for hydroxylation is 1. The van der Waals surface area contributed by atoms with Crippen LogP contribution in [0, 0.1) is 6.92 Å². The highest BCUT2D eigenvalue weighted by atomic mass is 15.2. The first-order valence-corrected chi connectivity index (χ1v) is 8.43. The molecule has 1 aliphatic heterocycles. The standard InChI is InChI=1S/C18H25N5/c1-15-20-17(14-18(21-15)23-11-4-3-5-12-23)22(2)13-8-16-6-9-19-10-7-16/h6-7,9-10,14H,3-5,8,11-13H2,1-2H3. The minimum Gasteiger partial charge on any atom is -0.359 e. The lowest BCUT2D eigenvalue weighted by Crippen LogP contribution is -2.31. The number of hydrogen-bond donors (Lipinski definition) is 0. The number of likely N-dealkylation sites (N-methyl/N-ethyl adjacent to an activating group) is 1. The zero-order valence-electron chi connectivity index (χ0n) is 14.1. The van der Waals surface area contributed by atoms with Gasteiger partial charge in [-0.1, -0.05) is 0 Å². The van der Waals surface area contributed by atoms with E-state index in [9.17, 15) is 0 Å². The van der Waals surface area contributed by atoms with E-state index in [2.05, 4.69) is 50.0 Å². The van der Waals surface area contributed by atoms with E-state index < -0.39 is 0 Å². The van der Waals surface area contributed by atoms with Gasteiger partial charge in [-0.15, -0.1) is 0 Å². The lowest BCUT2D eigenvalue weighted by atomic mass is 10.1. The Labute approximate surface area is 138 Å². The maximum absolute atomic E-state index is 4.64. The van der Waals surface area contributed by atoms with Gasteiger partial charge in [-0.05, 0) is 50.3 Å². The van der Waals surface area contributed by atoms with Gasteiger partial charge in [0, 0.05) is 45.1 Å². The number of nitrogens with zero attached hydrogens (tertiary/aromatic N) is 5. The molecule has 0 bridgehead atoms. The molecule has 0 amide bonds. The van der Waals surface area contributed by atoms with Crippen LogP contribution in [0.3, 0.4) is 0 Å². The molecule has 0 aliphatic carbocycles. The van der Waals surface area contributed by atoms with Crippen molar-refractivity contribution in [1.29, 1.82) is 0 Å². The lowest BCUT2D eigenvalue weighted by Gasteiger charge is -2.29. The molecule has 5 nitrogen and oxygen atoms in total. The number of aromatic nitrogens is 3. The van der Waals surface area contributed by atoms with Gasteiger partial charge in [0.25, 0.3) is 0 Å². The summed E-state index contributed by atoms with van der Waals surface area (Å²) < 4.78 is 0. The molecule has 122 valence electrons. The Bertz CT molecular complexity index is 623. The van der Waals surface area contributed by atoms with Crippen molar-refractivity contribution in [2.75, 3.05) is 36.5 Å². The summed E-state index contributed by atoms with van der Waals surface area (Å²) in [6.07, 6.45) is 8.53. The second kappa shape index (κ2) is 7.40. The summed E-state index contributed by atoms with van der Waals surface area (Å²) in [5.41, 5.74) is 1.30. The molecule has 3 heterocycles. The molecule has 2 aromatic rings. The first-order chi connectivity index (χ1) is 11.2. The Kier molecular flexibility index (Phi) is 5.05. The second-order valence-corrected chi connectivity index (χ2v) is 6.21. The molecule has 0 N–H and O–H groups in total. The van der Waals surface area contributed by atoms with Crippen molar-refractivity contribution in [2.24, 2.45) is 0 Å². The molecule has 0 aromatic carbocycles. The molecule has 5 heteroatoms. The predicted molar refractivity (Wildman–Crippen MR) is 94.0 cm³/mol. The molecule has 2 aromatic heterocycles. The van der Waals surface area contributed by atoms with Crippen LogP contribution in [-0.4, -0.2) is 41.6 Å². The Morgan fingerprint density at radius 3 is 2.57 bits per heavy atom. The zero-order valence-corrected chi connectivity index (χ0v) is 14.1. The number of pyridine rings is 1. The SMILES string of the molecule is Cc1nc(N(C)CCc2ccncc2)cc(N2CCCCC2)n1. The summed E-state index contributed by atoms with van der Waals surface area (Å²) in [5, 5.41) is 0. The van der Waals surface area contributed by atoms with Crippen LogP contribution in [0.25, 0.3) is 0 Å². The lowest BCUT2D eigenvalue weighted by molar-refractivity contribution is 0.572. The quantitative estimate of drug-likeness (QED) is 0.849. The molecular formula is C18H25N5. The Morgan fingerprint density at radius 1 is 1.09 bits per heavy atom. The van der Waals surface area contributed by atoms with Gasteiger partial charge in [-0.25, -0.2) is 9.97 Å². The highest BCUT2D eigenvalue weighted by Crippen LogP contribution is 2.22. The number of piperidine rings is 1. The van der Waals surface area contributed by atoms with Crippen LogP contribution >= 0.6 is 0 Å². The van der Waals surface area contributed by atoms with Crippen LogP contribution in [-0.2, 0) is 6.42 Å². The van der Waals surface area contributed by atoms with Crippen LogP contribution in [0.2, 0.25) is 0 Å². The van der Waals surface area contributed by atoms with Crippen molar-refractivity contribution in [3.8, 4) is 0 Å². The molecule has 0 saturated carbocycles. The third-order valence-corrected chi connectivity index (χ3v) is 4.37. The van der Waals surface area contributed by atoms with E-state index in [1.807, 2.05) is 19.3 Å². The van der Waals surface area contributed by atoms with Crippen molar-refractivity contribution in [3.05, 3.63) is 42.0 Å². The Morgan fingerprint density at radius 2 is 1.83 bits per heavy atom. The Balaban J connectivity index is 1.69. The van der Waals surface area contributed by atoms with E-state index >= 15 is 0 Å². The molecule has 1 fully saturated rings. The van der Waals surface area contributed by atoms with E-state index in [1.54, 1.807) is 0 Å². The van der Waals surface area contributed by atoms with Gasteiger partial charge < -0.3 is 9.80 Å². The summed E-state index contributed by atoms with van der Waals surface area (Å²) in [6, 6.07) is 6.27. The summed E-state index contributed by atoms with van der Waals surface area (Å²) in [5.74, 6) is 2.92. The number of rotatable bonds is 5. The number of anilines is 2. The van der Waals surface area contributed by atoms with Crippen molar-refractivity contribution >= 4 is 11.6 Å². The minimum atomic E-state index is 0.846. The van der Waals surface area contributed by atoms with Gasteiger partial charge in [-0.2, -0.15) is 0 Å². The fraction of sp³-hybridized carbons (Fsp3) is 0.500. The predicted octanol–water partition coefficient (Wildman–Crippen LogP) is 2.85. The fourth-order valence-corrected chi connectivity index (χ4v) is 2.98. The average molecular weight is 311 g/mol. The van der Waals surface area contributed by atoms with Gasteiger partial charge in [0.2, 0.25) is 0 Å². The van der Waals surface area contributed by atoms with Gasteiger partial charge in [0.15, 0.2) is 0 Å². The van der Waals surface area contributed by atoms with Gasteiger partial charge in [0.1, 0.15) is 17.5 Å². The molecule has 0 atom stereocenters. The van der Waals surface area contributed by atoms with E-state index in [4.69, 9.17) is 0 Å². The third-order valence-electron chi connectivity index (χ3n) is 4.37. The summed E-state index contributed by atoms with van der Waals surface area (Å²) in [6.45, 7) is 5.13. The van der Waals surface area contributed by atoms with Crippen LogP contribution in [0.5, 0.6) is 0 Å². The monoisotopic (exact) mass is 311 g/mol. The Hall–Kier alpha value is -2.17. The average Bonchev–Trinajstić information content (AvgIpc) is 2.61. The van der Waals surface area contributed by atoms with Crippen LogP contribution in [0.15, 0.2) is 30.6 Å². The van der Waals surface area contributed by atoms with E-state index in [-0.39, 0.29) is 0 Å². The van der Waals surface area contributed by atoms with E-state index in [1.165, 1.54) is 24.8 Å². The molecule has 1 saturated heterocycles. The molecule has 0 spiro atoms. The maximum atomic E-state index is 4.64. The number of hydrogen-bond acceptors (Lipinski definition) is 5. The highest BCUT2D eigenvalue weighted by molar-refractivity contribution is 5.51. The van der Waals surface area contributed by atoms with Gasteiger partial charge >= 0.3 is 0 Å². The molecule has 3 rings (SSSR count). The highest BCUT2D eigenvalue weighted by Gasteiger charge is 2.15. The molecular weight excluding hydrogens is 286 g/mol. The smallest absolute Gasteiger partial charge is 0.134 e. The minimum absolute atomic E-state index is 0.846. The first-order valence-electron chi connectivity index (χ1n) is 8.43. The topological polar surface area (TPSA) is 45.2 Å². The van der Waals surface area contributed by atoms with Crippen LogP contribution in [0.4, 0.5) is 11.6 Å². The van der Waals surface area contributed by atoms with Gasteiger partial charge in [-0.3, -0.25) is 4.98 Å². The molecule has 23 heavy (non-hydrogen) atoms. The second-order valence-electron chi connectivity index (χ2n) is 6.21. The fourth-order valence-electron chi connectivity index (χ4n) is 2.98. The largest absolute Gasteiger partial charge is 0.359 e. The summed E-state index contributed by atoms with van der Waals surface area (Å²) >= 11 is 0. The third kappa shape index (κ3) is 4.18. The molecule has 1 aliphatic rings. The maximum Gasteiger partial charge on any atom is 0.134 e. The first kappa shape index (κ1) is 15.7. The van der Waals surface area contributed by atoms with E-state index in [0.29, 0.717) is 0 Å². The summed E-state index contributed by atoms with van der Waals surface area (Å²) in [7, 11) is 2.10. The van der Waals surface area contributed by atoms with Crippen LogP contribution in [0.1, 0.15) is 30.7 Å². The van der Waals surface area contributed by atoms with Crippen LogP contribution < -0.4 is 9.80 Å². The van der Waals surface area contributed by atoms with Crippen molar-refractivity contribution in [2.45, 2.75) is 32.6 Å². The normalized spacial score (nSPS) is 14.8. The zero-order chi connectivity index (χ0) is 16.1. The van der Waals surface area contributed by atoms with Crippen molar-refractivity contribution in [1.82, 2.24) is 15.0 Å².